The smallest absolute Gasteiger partial charge is 0.195 e. The van der Waals surface area contributed by atoms with Crippen molar-refractivity contribution in [2.24, 2.45) is 5.41 Å². The third-order valence-corrected chi connectivity index (χ3v) is 2.73. The molecule has 1 rings (SSSR count). The zero-order chi connectivity index (χ0) is 13.8. The lowest BCUT2D eigenvalue weighted by Crippen LogP contribution is -2.37. The highest BCUT2D eigenvalue weighted by Crippen LogP contribution is 2.25. The number of hydrogen-bond acceptors (Lipinski definition) is 3. The molecule has 0 aliphatic carbocycles. The van der Waals surface area contributed by atoms with Gasteiger partial charge in [0.2, 0.25) is 0 Å². The van der Waals surface area contributed by atoms with Crippen molar-refractivity contribution >= 4 is 5.78 Å². The molecular weight excluding hydrogens is 228 g/mol. The molecule has 0 saturated carbocycles. The molecule has 0 amide bonds. The van der Waals surface area contributed by atoms with Gasteiger partial charge in [0, 0.05) is 19.3 Å². The summed E-state index contributed by atoms with van der Waals surface area (Å²) in [5.74, 6) is 0.0201. The Kier molecular flexibility index (Phi) is 5.08. The van der Waals surface area contributed by atoms with E-state index >= 15 is 0 Å². The number of rotatable bonds is 6. The van der Waals surface area contributed by atoms with Gasteiger partial charge in [0.15, 0.2) is 5.78 Å². The van der Waals surface area contributed by atoms with E-state index in [1.54, 1.807) is 10.9 Å². The largest absolute Gasteiger partial charge is 0.370 e. The van der Waals surface area contributed by atoms with Gasteiger partial charge in [-0.2, -0.15) is 5.10 Å². The van der Waals surface area contributed by atoms with Crippen LogP contribution in [-0.2, 0) is 11.3 Å². The van der Waals surface area contributed by atoms with Gasteiger partial charge in [-0.1, -0.05) is 27.7 Å². The maximum absolute atomic E-state index is 12.4. The van der Waals surface area contributed by atoms with E-state index in [-0.39, 0.29) is 11.2 Å². The molecule has 0 spiro atoms. The van der Waals surface area contributed by atoms with E-state index in [1.807, 2.05) is 33.9 Å². The van der Waals surface area contributed by atoms with Gasteiger partial charge in [0.05, 0.1) is 11.8 Å². The van der Waals surface area contributed by atoms with Crippen LogP contribution >= 0.6 is 0 Å². The van der Waals surface area contributed by atoms with Crippen molar-refractivity contribution in [3.8, 4) is 0 Å². The second-order valence-electron chi connectivity index (χ2n) is 5.56. The molecule has 0 radical (unpaired) electrons. The average Bonchev–Trinajstić information content (AvgIpc) is 2.72. The first-order valence-electron chi connectivity index (χ1n) is 6.58. The fourth-order valence-corrected chi connectivity index (χ4v) is 1.88. The van der Waals surface area contributed by atoms with E-state index in [4.69, 9.17) is 4.74 Å². The first-order valence-corrected chi connectivity index (χ1v) is 6.58. The Balaban J connectivity index is 2.88. The highest BCUT2D eigenvalue weighted by atomic mass is 16.5. The Labute approximate surface area is 109 Å². The van der Waals surface area contributed by atoms with Crippen LogP contribution in [0, 0.1) is 5.41 Å². The standard InChI is InChI=1S/C14H24N2O2/c1-6-8-16-10-11(9-15-16)12(17)13(18-7-2)14(3,4)5/h9-10,13H,6-8H2,1-5H3. The van der Waals surface area contributed by atoms with E-state index in [9.17, 15) is 4.79 Å². The fourth-order valence-electron chi connectivity index (χ4n) is 1.88. The van der Waals surface area contributed by atoms with Crippen molar-refractivity contribution in [3.63, 3.8) is 0 Å². The molecule has 4 nitrogen and oxygen atoms in total. The number of hydrogen-bond donors (Lipinski definition) is 0. The molecular formula is C14H24N2O2. The summed E-state index contributed by atoms with van der Waals surface area (Å²) in [5.41, 5.74) is 0.428. The lowest BCUT2D eigenvalue weighted by Gasteiger charge is -2.28. The maximum Gasteiger partial charge on any atom is 0.195 e. The molecule has 18 heavy (non-hydrogen) atoms. The predicted molar refractivity (Wildman–Crippen MR) is 71.7 cm³/mol. The van der Waals surface area contributed by atoms with Crippen molar-refractivity contribution in [3.05, 3.63) is 18.0 Å². The molecule has 0 bridgehead atoms. The van der Waals surface area contributed by atoms with Crippen LogP contribution in [0.4, 0.5) is 0 Å². The third-order valence-electron chi connectivity index (χ3n) is 2.73. The molecule has 0 saturated heterocycles. The van der Waals surface area contributed by atoms with Gasteiger partial charge in [0.25, 0.3) is 0 Å². The van der Waals surface area contributed by atoms with Gasteiger partial charge >= 0.3 is 0 Å². The lowest BCUT2D eigenvalue weighted by atomic mass is 9.85. The molecule has 1 aromatic heterocycles. The molecule has 0 N–H and O–H groups in total. The highest BCUT2D eigenvalue weighted by molar-refractivity contribution is 5.99. The van der Waals surface area contributed by atoms with E-state index < -0.39 is 6.10 Å². The maximum atomic E-state index is 12.4. The first kappa shape index (κ1) is 14.9. The van der Waals surface area contributed by atoms with E-state index in [1.165, 1.54) is 0 Å². The predicted octanol–water partition coefficient (Wildman–Crippen LogP) is 2.93. The number of ketones is 1. The van der Waals surface area contributed by atoms with Crippen molar-refractivity contribution in [1.82, 2.24) is 9.78 Å². The SMILES string of the molecule is CCCn1cc(C(=O)C(OCC)C(C)(C)C)cn1. The van der Waals surface area contributed by atoms with Gasteiger partial charge in [-0.3, -0.25) is 9.48 Å². The Hall–Kier alpha value is -1.16. The summed E-state index contributed by atoms with van der Waals surface area (Å²) >= 11 is 0. The summed E-state index contributed by atoms with van der Waals surface area (Å²) in [5, 5.41) is 4.19. The second-order valence-corrected chi connectivity index (χ2v) is 5.56. The molecule has 102 valence electrons. The summed E-state index contributed by atoms with van der Waals surface area (Å²) < 4.78 is 7.41. The van der Waals surface area contributed by atoms with E-state index in [0.29, 0.717) is 12.2 Å². The number of nitrogens with zero attached hydrogens (tertiary/aromatic N) is 2. The molecule has 1 atom stereocenters. The van der Waals surface area contributed by atoms with Gasteiger partial charge in [-0.05, 0) is 18.8 Å². The molecule has 1 unspecified atom stereocenters. The van der Waals surface area contributed by atoms with Crippen molar-refractivity contribution < 1.29 is 9.53 Å². The monoisotopic (exact) mass is 252 g/mol. The Morgan fingerprint density at radius 2 is 2.11 bits per heavy atom. The molecule has 0 aliphatic rings. The van der Waals surface area contributed by atoms with E-state index in [2.05, 4.69) is 12.0 Å². The lowest BCUT2D eigenvalue weighted by molar-refractivity contribution is -0.000225. The van der Waals surface area contributed by atoms with Gasteiger partial charge in [0.1, 0.15) is 6.10 Å². The minimum absolute atomic E-state index is 0.0201. The zero-order valence-electron chi connectivity index (χ0n) is 12.1. The van der Waals surface area contributed by atoms with E-state index in [0.717, 1.165) is 13.0 Å². The summed E-state index contributed by atoms with van der Waals surface area (Å²) in [6.45, 7) is 11.4. The van der Waals surface area contributed by atoms with Gasteiger partial charge in [-0.15, -0.1) is 0 Å². The van der Waals surface area contributed by atoms with Crippen LogP contribution in [0.5, 0.6) is 0 Å². The molecule has 1 heterocycles. The number of carbonyl (C=O) groups excluding carboxylic acids is 1. The number of aryl methyl sites for hydroxylation is 1. The second kappa shape index (κ2) is 6.14. The number of Topliss-reactive ketones (excluding diaryl/α,β-unsaturated/α-hetero) is 1. The molecule has 0 fully saturated rings. The first-order chi connectivity index (χ1) is 8.40. The number of ether oxygens (including phenoxy) is 1. The number of carbonyl (C=O) groups is 1. The normalized spacial score (nSPS) is 13.6. The molecule has 0 aromatic carbocycles. The summed E-state index contributed by atoms with van der Waals surface area (Å²) in [6.07, 6.45) is 4.03. The summed E-state index contributed by atoms with van der Waals surface area (Å²) in [6, 6.07) is 0. The van der Waals surface area contributed by atoms with Crippen LogP contribution in [-0.4, -0.2) is 28.3 Å². The van der Waals surface area contributed by atoms with Crippen LogP contribution in [0.1, 0.15) is 51.4 Å². The highest BCUT2D eigenvalue weighted by Gasteiger charge is 2.33. The van der Waals surface area contributed by atoms with Gasteiger partial charge in [-0.25, -0.2) is 0 Å². The van der Waals surface area contributed by atoms with Crippen molar-refractivity contribution in [1.29, 1.82) is 0 Å². The van der Waals surface area contributed by atoms with Crippen molar-refractivity contribution in [2.45, 2.75) is 53.7 Å². The molecule has 0 aliphatic heterocycles. The van der Waals surface area contributed by atoms with Crippen molar-refractivity contribution in [2.75, 3.05) is 6.61 Å². The van der Waals surface area contributed by atoms with Crippen LogP contribution in [0.2, 0.25) is 0 Å². The summed E-state index contributed by atoms with van der Waals surface area (Å²) in [7, 11) is 0. The summed E-state index contributed by atoms with van der Waals surface area (Å²) in [4.78, 5) is 12.4. The van der Waals surface area contributed by atoms with Crippen LogP contribution in [0.15, 0.2) is 12.4 Å². The van der Waals surface area contributed by atoms with Crippen LogP contribution in [0.3, 0.4) is 0 Å². The Morgan fingerprint density at radius 3 is 2.61 bits per heavy atom. The Morgan fingerprint density at radius 1 is 1.44 bits per heavy atom. The topological polar surface area (TPSA) is 44.1 Å². The van der Waals surface area contributed by atoms with Gasteiger partial charge < -0.3 is 4.74 Å². The Bertz CT molecular complexity index is 391. The average molecular weight is 252 g/mol. The minimum Gasteiger partial charge on any atom is -0.370 e. The third kappa shape index (κ3) is 3.67. The fraction of sp³-hybridized carbons (Fsp3) is 0.714. The number of aromatic nitrogens is 2. The quantitative estimate of drug-likeness (QED) is 0.731. The van der Waals surface area contributed by atoms with Crippen LogP contribution < -0.4 is 0 Å². The van der Waals surface area contributed by atoms with Crippen LogP contribution in [0.25, 0.3) is 0 Å². The minimum atomic E-state index is -0.415. The molecule has 4 heteroatoms. The zero-order valence-corrected chi connectivity index (χ0v) is 12.1. The molecule has 1 aromatic rings.